The van der Waals surface area contributed by atoms with E-state index >= 15 is 0 Å². The molecule has 7 nitrogen and oxygen atoms in total. The number of esters is 1. The molecule has 0 aliphatic carbocycles. The van der Waals surface area contributed by atoms with E-state index in [9.17, 15) is 22.4 Å². The molecular formula is C16H15FN2O5S. The van der Waals surface area contributed by atoms with Gasteiger partial charge in [0.2, 0.25) is 10.0 Å². The molecule has 1 amide bonds. The maximum Gasteiger partial charge on any atom is 0.310 e. The summed E-state index contributed by atoms with van der Waals surface area (Å²) in [6.45, 7) is -0.590. The number of sulfonamides is 1. The third-order valence-corrected chi connectivity index (χ3v) is 4.01. The van der Waals surface area contributed by atoms with E-state index in [4.69, 9.17) is 9.88 Å². The lowest BCUT2D eigenvalue weighted by Crippen LogP contribution is -2.22. The van der Waals surface area contributed by atoms with Crippen LogP contribution in [0.2, 0.25) is 0 Å². The van der Waals surface area contributed by atoms with Crippen LogP contribution in [0.3, 0.4) is 0 Å². The quantitative estimate of drug-likeness (QED) is 0.745. The molecule has 0 radical (unpaired) electrons. The van der Waals surface area contributed by atoms with Crippen molar-refractivity contribution in [1.29, 1.82) is 0 Å². The second-order valence-electron chi connectivity index (χ2n) is 5.05. The molecule has 2 aromatic rings. The summed E-state index contributed by atoms with van der Waals surface area (Å²) in [5.74, 6) is -1.98. The molecule has 0 atom stereocenters. The number of amides is 1. The number of primary sulfonamides is 1. The minimum absolute atomic E-state index is 0.161. The fraction of sp³-hybridized carbons (Fsp3) is 0.125. The van der Waals surface area contributed by atoms with Crippen molar-refractivity contribution in [2.45, 2.75) is 11.3 Å². The lowest BCUT2D eigenvalue weighted by molar-refractivity contribution is -0.146. The van der Waals surface area contributed by atoms with E-state index in [0.717, 1.165) is 0 Å². The number of nitrogens with two attached hydrogens (primary N) is 1. The highest BCUT2D eigenvalue weighted by atomic mass is 32.2. The van der Waals surface area contributed by atoms with Crippen molar-refractivity contribution in [3.05, 3.63) is 59.9 Å². The SMILES string of the molecule is NS(=O)(=O)c1cccc(NC(=O)COC(=O)Cc2ccccc2F)c1. The molecular weight excluding hydrogens is 351 g/mol. The van der Waals surface area contributed by atoms with Crippen molar-refractivity contribution < 1.29 is 27.1 Å². The van der Waals surface area contributed by atoms with Crippen molar-refractivity contribution in [3.63, 3.8) is 0 Å². The number of nitrogens with one attached hydrogen (secondary N) is 1. The first-order valence-corrected chi connectivity index (χ1v) is 8.62. The number of rotatable bonds is 6. The number of ether oxygens (including phenoxy) is 1. The number of benzene rings is 2. The summed E-state index contributed by atoms with van der Waals surface area (Å²) in [5.41, 5.74) is 0.343. The predicted octanol–water partition coefficient (Wildman–Crippen LogP) is 1.20. The van der Waals surface area contributed by atoms with Crippen LogP contribution in [0.4, 0.5) is 10.1 Å². The molecule has 132 valence electrons. The minimum atomic E-state index is -3.90. The van der Waals surface area contributed by atoms with E-state index in [2.05, 4.69) is 5.32 Å². The van der Waals surface area contributed by atoms with Gasteiger partial charge in [0.15, 0.2) is 6.61 Å². The largest absolute Gasteiger partial charge is 0.455 e. The highest BCUT2D eigenvalue weighted by Crippen LogP contribution is 2.14. The zero-order chi connectivity index (χ0) is 18.4. The summed E-state index contributed by atoms with van der Waals surface area (Å²) in [6.07, 6.45) is -0.305. The summed E-state index contributed by atoms with van der Waals surface area (Å²) in [6, 6.07) is 11.0. The van der Waals surface area contributed by atoms with Gasteiger partial charge in [0.1, 0.15) is 5.82 Å². The molecule has 25 heavy (non-hydrogen) atoms. The lowest BCUT2D eigenvalue weighted by Gasteiger charge is -2.08. The van der Waals surface area contributed by atoms with Crippen LogP contribution in [0.25, 0.3) is 0 Å². The van der Waals surface area contributed by atoms with Gasteiger partial charge in [-0.15, -0.1) is 0 Å². The summed E-state index contributed by atoms with van der Waals surface area (Å²) in [5, 5.41) is 7.37. The van der Waals surface area contributed by atoms with E-state index in [-0.39, 0.29) is 22.6 Å². The molecule has 9 heteroatoms. The summed E-state index contributed by atoms with van der Waals surface area (Å²) in [7, 11) is -3.90. The van der Waals surface area contributed by atoms with Gasteiger partial charge in [0.25, 0.3) is 5.91 Å². The number of halogens is 1. The fourth-order valence-electron chi connectivity index (χ4n) is 1.94. The van der Waals surface area contributed by atoms with Crippen molar-refractivity contribution >= 4 is 27.6 Å². The maximum absolute atomic E-state index is 13.4. The number of anilines is 1. The van der Waals surface area contributed by atoms with Crippen LogP contribution in [0.15, 0.2) is 53.4 Å². The Morgan fingerprint density at radius 1 is 1.12 bits per heavy atom. The Hall–Kier alpha value is -2.78. The Morgan fingerprint density at radius 3 is 2.52 bits per heavy atom. The van der Waals surface area contributed by atoms with Crippen LogP contribution >= 0.6 is 0 Å². The van der Waals surface area contributed by atoms with Gasteiger partial charge in [-0.25, -0.2) is 17.9 Å². The predicted molar refractivity (Wildman–Crippen MR) is 87.5 cm³/mol. The normalized spacial score (nSPS) is 11.0. The van der Waals surface area contributed by atoms with Crippen molar-refractivity contribution in [1.82, 2.24) is 0 Å². The average molecular weight is 366 g/mol. The Bertz CT molecular complexity index is 899. The van der Waals surface area contributed by atoms with Gasteiger partial charge >= 0.3 is 5.97 Å². The summed E-state index contributed by atoms with van der Waals surface area (Å²) in [4.78, 5) is 23.2. The third-order valence-electron chi connectivity index (χ3n) is 3.10. The third kappa shape index (κ3) is 5.66. The topological polar surface area (TPSA) is 116 Å². The van der Waals surface area contributed by atoms with E-state index in [1.807, 2.05) is 0 Å². The molecule has 0 aliphatic rings. The monoisotopic (exact) mass is 366 g/mol. The Labute approximate surface area is 143 Å². The molecule has 2 aromatic carbocycles. The standard InChI is InChI=1S/C16H15FN2O5S/c17-14-7-2-1-4-11(14)8-16(21)24-10-15(20)19-12-5-3-6-13(9-12)25(18,22)23/h1-7,9H,8,10H2,(H,19,20)(H2,18,22,23). The van der Waals surface area contributed by atoms with Gasteiger partial charge in [-0.3, -0.25) is 9.59 Å². The molecule has 0 bridgehead atoms. The number of carbonyl (C=O) groups excluding carboxylic acids is 2. The zero-order valence-corrected chi connectivity index (χ0v) is 13.8. The van der Waals surface area contributed by atoms with Crippen LogP contribution in [0.1, 0.15) is 5.56 Å². The van der Waals surface area contributed by atoms with Gasteiger partial charge in [-0.05, 0) is 29.8 Å². The first kappa shape index (κ1) is 18.6. The molecule has 0 heterocycles. The molecule has 0 saturated carbocycles. The van der Waals surface area contributed by atoms with Gasteiger partial charge < -0.3 is 10.1 Å². The van der Waals surface area contributed by atoms with Crippen LogP contribution in [-0.2, 0) is 30.8 Å². The van der Waals surface area contributed by atoms with Crippen LogP contribution in [0, 0.1) is 5.82 Å². The van der Waals surface area contributed by atoms with E-state index < -0.39 is 34.3 Å². The number of hydrogen-bond donors (Lipinski definition) is 2. The lowest BCUT2D eigenvalue weighted by atomic mass is 10.1. The molecule has 0 aliphatic heterocycles. The summed E-state index contributed by atoms with van der Waals surface area (Å²) < 4.78 is 40.7. The first-order valence-electron chi connectivity index (χ1n) is 7.07. The van der Waals surface area contributed by atoms with Gasteiger partial charge in [-0.2, -0.15) is 0 Å². The first-order chi connectivity index (χ1) is 11.8. The maximum atomic E-state index is 13.4. The van der Waals surface area contributed by atoms with Crippen LogP contribution < -0.4 is 10.5 Å². The highest BCUT2D eigenvalue weighted by Gasteiger charge is 2.13. The fourth-order valence-corrected chi connectivity index (χ4v) is 2.50. The van der Waals surface area contributed by atoms with Crippen molar-refractivity contribution in [2.75, 3.05) is 11.9 Å². The minimum Gasteiger partial charge on any atom is -0.455 e. The van der Waals surface area contributed by atoms with Gasteiger partial charge in [0.05, 0.1) is 11.3 Å². The van der Waals surface area contributed by atoms with Crippen molar-refractivity contribution in [3.8, 4) is 0 Å². The molecule has 0 aromatic heterocycles. The second kappa shape index (κ2) is 7.86. The Balaban J connectivity index is 1.89. The zero-order valence-electron chi connectivity index (χ0n) is 12.9. The van der Waals surface area contributed by atoms with E-state index in [0.29, 0.717) is 0 Å². The highest BCUT2D eigenvalue weighted by molar-refractivity contribution is 7.89. The summed E-state index contributed by atoms with van der Waals surface area (Å²) >= 11 is 0. The Kier molecular flexibility index (Phi) is 5.84. The molecule has 0 fully saturated rings. The molecule has 2 rings (SSSR count). The molecule has 0 saturated heterocycles. The van der Waals surface area contributed by atoms with E-state index in [1.165, 1.54) is 42.5 Å². The van der Waals surface area contributed by atoms with Gasteiger partial charge in [0, 0.05) is 5.69 Å². The van der Waals surface area contributed by atoms with Crippen molar-refractivity contribution in [2.24, 2.45) is 5.14 Å². The smallest absolute Gasteiger partial charge is 0.310 e. The van der Waals surface area contributed by atoms with Crippen LogP contribution in [-0.4, -0.2) is 26.9 Å². The number of hydrogen-bond acceptors (Lipinski definition) is 5. The Morgan fingerprint density at radius 2 is 1.84 bits per heavy atom. The number of carbonyl (C=O) groups is 2. The second-order valence-corrected chi connectivity index (χ2v) is 6.61. The molecule has 3 N–H and O–H groups in total. The molecule has 0 unspecified atom stereocenters. The van der Waals surface area contributed by atoms with Crippen LogP contribution in [0.5, 0.6) is 0 Å². The molecule has 0 spiro atoms. The van der Waals surface area contributed by atoms with E-state index in [1.54, 1.807) is 6.07 Å². The van der Waals surface area contributed by atoms with Gasteiger partial charge in [-0.1, -0.05) is 24.3 Å². The average Bonchev–Trinajstić information content (AvgIpc) is 2.55.